The van der Waals surface area contributed by atoms with Crippen molar-refractivity contribution in [1.82, 2.24) is 4.98 Å². The van der Waals surface area contributed by atoms with E-state index in [1.165, 1.54) is 55.3 Å². The minimum atomic E-state index is 1.08. The number of fused-ring (bicyclic) bond motifs is 5. The summed E-state index contributed by atoms with van der Waals surface area (Å²) in [7, 11) is 0. The van der Waals surface area contributed by atoms with Crippen LogP contribution in [0.15, 0.2) is 83.5 Å². The fraction of sp³-hybridized carbons (Fsp3) is 0. The highest BCUT2D eigenvalue weighted by molar-refractivity contribution is 9.10. The van der Waals surface area contributed by atoms with Crippen LogP contribution in [0.3, 0.4) is 0 Å². The first-order valence-electron chi connectivity index (χ1n) is 9.36. The quantitative estimate of drug-likeness (QED) is 0.251. The maximum absolute atomic E-state index is 4.80. The van der Waals surface area contributed by atoms with E-state index in [0.717, 1.165) is 10.2 Å². The third-order valence-corrected chi connectivity index (χ3v) is 6.72. The Kier molecular flexibility index (Phi) is 2.65. The second kappa shape index (κ2) is 5.00. The minimum absolute atomic E-state index is 1.08. The molecule has 0 amide bonds. The van der Waals surface area contributed by atoms with Crippen molar-refractivity contribution < 1.29 is 0 Å². The second-order valence-electron chi connectivity index (χ2n) is 7.37. The fourth-order valence-corrected chi connectivity index (χ4v) is 5.37. The summed E-state index contributed by atoms with van der Waals surface area (Å²) in [5, 5.41) is 5.02. The summed E-state index contributed by atoms with van der Waals surface area (Å²) in [4.78, 5) is 7.23. The zero-order chi connectivity index (χ0) is 18.4. The van der Waals surface area contributed by atoms with E-state index in [2.05, 4.69) is 93.6 Å². The van der Waals surface area contributed by atoms with Gasteiger partial charge in [-0.3, -0.25) is 4.98 Å². The smallest absolute Gasteiger partial charge is 0.0822 e. The van der Waals surface area contributed by atoms with Gasteiger partial charge in [0.15, 0.2) is 0 Å². The molecule has 7 rings (SSSR count). The molecule has 0 spiro atoms. The van der Waals surface area contributed by atoms with Crippen LogP contribution < -0.4 is 4.90 Å². The summed E-state index contributed by atoms with van der Waals surface area (Å²) >= 11 is 3.76. The van der Waals surface area contributed by atoms with Crippen molar-refractivity contribution in [3.8, 4) is 22.4 Å². The molecule has 5 aromatic rings. The Balaban J connectivity index is 1.80. The number of aromatic nitrogens is 1. The number of nitrogens with zero attached hydrogens (tertiary/aromatic N) is 2. The first-order valence-corrected chi connectivity index (χ1v) is 10.1. The number of hydrogen-bond acceptors (Lipinski definition) is 2. The molecule has 0 atom stereocenters. The molecule has 3 heterocycles. The largest absolute Gasteiger partial charge is 0.308 e. The molecule has 0 saturated carbocycles. The number of hydrogen-bond donors (Lipinski definition) is 0. The average molecular weight is 421 g/mol. The molecule has 4 aromatic carbocycles. The Morgan fingerprint density at radius 1 is 0.679 bits per heavy atom. The summed E-state index contributed by atoms with van der Waals surface area (Å²) < 4.78 is 1.13. The molecule has 0 radical (unpaired) electrons. The fourth-order valence-electron chi connectivity index (χ4n) is 4.91. The van der Waals surface area contributed by atoms with E-state index in [1.807, 2.05) is 6.20 Å². The van der Waals surface area contributed by atoms with Crippen LogP contribution in [-0.2, 0) is 0 Å². The van der Waals surface area contributed by atoms with Gasteiger partial charge in [0.05, 0.1) is 22.8 Å². The SMILES string of the molecule is Brc1ccc2c3c(cccc13)-c1ccc3ccnc4c3c1N2c1ccccc1-4. The van der Waals surface area contributed by atoms with E-state index >= 15 is 0 Å². The van der Waals surface area contributed by atoms with Crippen LogP contribution in [0.2, 0.25) is 0 Å². The predicted molar refractivity (Wildman–Crippen MR) is 120 cm³/mol. The molecule has 2 nitrogen and oxygen atoms in total. The lowest BCUT2D eigenvalue weighted by atomic mass is 9.85. The van der Waals surface area contributed by atoms with Crippen LogP contribution in [0.25, 0.3) is 43.9 Å². The van der Waals surface area contributed by atoms with Gasteiger partial charge < -0.3 is 4.90 Å². The van der Waals surface area contributed by atoms with E-state index in [1.54, 1.807) is 0 Å². The summed E-state index contributed by atoms with van der Waals surface area (Å²) in [6.45, 7) is 0. The van der Waals surface area contributed by atoms with Crippen LogP contribution in [0.4, 0.5) is 17.1 Å². The van der Waals surface area contributed by atoms with Crippen molar-refractivity contribution in [2.45, 2.75) is 0 Å². The zero-order valence-electron chi connectivity index (χ0n) is 14.8. The Labute approximate surface area is 170 Å². The van der Waals surface area contributed by atoms with Gasteiger partial charge in [-0.1, -0.05) is 64.5 Å². The molecule has 28 heavy (non-hydrogen) atoms. The Morgan fingerprint density at radius 3 is 2.54 bits per heavy atom. The Hall–Kier alpha value is -3.17. The van der Waals surface area contributed by atoms with Crippen LogP contribution in [0.5, 0.6) is 0 Å². The standard InChI is InChI=1S/C25H13BrN2/c26-19-10-11-21-23-15(5-3-6-17(19)23)16-9-8-14-12-13-27-24-18-4-1-2-7-20(18)28(21)25(16)22(14)24/h1-13H. The summed E-state index contributed by atoms with van der Waals surface area (Å²) in [6.07, 6.45) is 1.92. The molecule has 0 saturated heterocycles. The lowest BCUT2D eigenvalue weighted by Gasteiger charge is -2.38. The highest BCUT2D eigenvalue weighted by Crippen LogP contribution is 2.58. The van der Waals surface area contributed by atoms with Crippen LogP contribution >= 0.6 is 15.9 Å². The highest BCUT2D eigenvalue weighted by Gasteiger charge is 2.33. The van der Waals surface area contributed by atoms with Crippen LogP contribution in [0.1, 0.15) is 0 Å². The summed E-state index contributed by atoms with van der Waals surface area (Å²) in [6, 6.07) is 26.2. The van der Waals surface area contributed by atoms with Crippen molar-refractivity contribution in [1.29, 1.82) is 0 Å². The molecular weight excluding hydrogens is 408 g/mol. The maximum Gasteiger partial charge on any atom is 0.0822 e. The van der Waals surface area contributed by atoms with E-state index < -0.39 is 0 Å². The van der Waals surface area contributed by atoms with Crippen molar-refractivity contribution in [2.75, 3.05) is 4.90 Å². The lowest BCUT2D eigenvalue weighted by molar-refractivity contribution is 1.25. The zero-order valence-corrected chi connectivity index (χ0v) is 16.4. The number of pyridine rings is 1. The van der Waals surface area contributed by atoms with Gasteiger partial charge in [-0.05, 0) is 40.6 Å². The van der Waals surface area contributed by atoms with Gasteiger partial charge in [0, 0.05) is 32.6 Å². The van der Waals surface area contributed by atoms with Crippen LogP contribution in [0, 0.1) is 0 Å². The third-order valence-electron chi connectivity index (χ3n) is 6.02. The molecule has 2 aliphatic heterocycles. The molecule has 2 aliphatic rings. The van der Waals surface area contributed by atoms with Crippen LogP contribution in [-0.4, -0.2) is 4.98 Å². The number of halogens is 1. The number of anilines is 3. The number of benzene rings is 4. The van der Waals surface area contributed by atoms with Gasteiger partial charge in [0.2, 0.25) is 0 Å². The molecule has 0 bridgehead atoms. The van der Waals surface area contributed by atoms with Gasteiger partial charge in [-0.25, -0.2) is 0 Å². The Morgan fingerprint density at radius 2 is 1.57 bits per heavy atom. The van der Waals surface area contributed by atoms with E-state index in [0.29, 0.717) is 0 Å². The highest BCUT2D eigenvalue weighted by atomic mass is 79.9. The second-order valence-corrected chi connectivity index (χ2v) is 8.22. The third kappa shape index (κ3) is 1.62. The average Bonchev–Trinajstić information content (AvgIpc) is 2.75. The van der Waals surface area contributed by atoms with Crippen molar-refractivity contribution in [3.63, 3.8) is 0 Å². The van der Waals surface area contributed by atoms with Gasteiger partial charge in [-0.15, -0.1) is 0 Å². The normalized spacial score (nSPS) is 13.1. The van der Waals surface area contributed by atoms with Gasteiger partial charge >= 0.3 is 0 Å². The molecule has 1 aromatic heterocycles. The Bertz CT molecular complexity index is 1490. The molecular formula is C25H13BrN2. The van der Waals surface area contributed by atoms with Crippen molar-refractivity contribution in [3.05, 3.63) is 83.5 Å². The maximum atomic E-state index is 4.80. The first kappa shape index (κ1) is 14.8. The van der Waals surface area contributed by atoms with Gasteiger partial charge in [-0.2, -0.15) is 0 Å². The molecule has 0 unspecified atom stereocenters. The van der Waals surface area contributed by atoms with E-state index in [4.69, 9.17) is 4.98 Å². The van der Waals surface area contributed by atoms with Crippen molar-refractivity contribution >= 4 is 54.5 Å². The van der Waals surface area contributed by atoms with Gasteiger partial charge in [0.25, 0.3) is 0 Å². The summed E-state index contributed by atoms with van der Waals surface area (Å²) in [5.74, 6) is 0. The van der Waals surface area contributed by atoms with E-state index in [-0.39, 0.29) is 0 Å². The topological polar surface area (TPSA) is 16.1 Å². The van der Waals surface area contributed by atoms with E-state index in [9.17, 15) is 0 Å². The first-order chi connectivity index (χ1) is 13.8. The van der Waals surface area contributed by atoms with Crippen molar-refractivity contribution in [2.24, 2.45) is 0 Å². The minimum Gasteiger partial charge on any atom is -0.308 e. The predicted octanol–water partition coefficient (Wildman–Crippen LogP) is 7.58. The lowest BCUT2D eigenvalue weighted by Crippen LogP contribution is -2.19. The molecule has 0 N–H and O–H groups in total. The molecule has 0 aliphatic carbocycles. The summed E-state index contributed by atoms with van der Waals surface area (Å²) in [5.41, 5.74) is 8.50. The molecule has 3 heteroatoms. The monoisotopic (exact) mass is 420 g/mol. The molecule has 0 fully saturated rings. The number of rotatable bonds is 0. The van der Waals surface area contributed by atoms with Gasteiger partial charge in [0.1, 0.15) is 0 Å². The number of para-hydroxylation sites is 1. The molecule has 130 valence electrons.